The van der Waals surface area contributed by atoms with Gasteiger partial charge in [-0.3, -0.25) is 0 Å². The first-order valence-electron chi connectivity index (χ1n) is 24.2. The lowest BCUT2D eigenvalue weighted by Gasteiger charge is -2.22. The Morgan fingerprint density at radius 3 is 1.76 bits per heavy atom. The fourth-order valence-corrected chi connectivity index (χ4v) is 11.1. The molecule has 0 amide bonds. The van der Waals surface area contributed by atoms with Crippen molar-refractivity contribution in [3.05, 3.63) is 242 Å². The molecular formula is C66H44N4O. The van der Waals surface area contributed by atoms with Crippen molar-refractivity contribution in [1.82, 2.24) is 19.5 Å². The number of furan rings is 1. The topological polar surface area (TPSA) is 56.7 Å². The molecule has 13 aromatic rings. The highest BCUT2D eigenvalue weighted by molar-refractivity contribution is 6.15. The Kier molecular flexibility index (Phi) is 9.17. The van der Waals surface area contributed by atoms with Gasteiger partial charge in [-0.05, 0) is 111 Å². The van der Waals surface area contributed by atoms with Crippen molar-refractivity contribution in [2.75, 3.05) is 0 Å². The van der Waals surface area contributed by atoms with Crippen molar-refractivity contribution < 1.29 is 4.42 Å². The van der Waals surface area contributed by atoms with E-state index in [0.717, 1.165) is 66.5 Å². The van der Waals surface area contributed by atoms with Crippen molar-refractivity contribution in [3.63, 3.8) is 0 Å². The van der Waals surface area contributed by atoms with Gasteiger partial charge in [0.2, 0.25) is 0 Å². The fraction of sp³-hybridized carbons (Fsp3) is 0.0455. The van der Waals surface area contributed by atoms with Gasteiger partial charge in [-0.1, -0.05) is 184 Å². The number of para-hydroxylation sites is 2. The van der Waals surface area contributed by atoms with E-state index in [1.165, 1.54) is 55.3 Å². The third-order valence-corrected chi connectivity index (χ3v) is 14.6. The van der Waals surface area contributed by atoms with Crippen LogP contribution in [-0.2, 0) is 5.41 Å². The van der Waals surface area contributed by atoms with Gasteiger partial charge in [0.05, 0.1) is 11.0 Å². The fourth-order valence-electron chi connectivity index (χ4n) is 11.1. The van der Waals surface area contributed by atoms with E-state index in [1.807, 2.05) is 54.6 Å². The number of nitrogens with zero attached hydrogens (tertiary/aromatic N) is 4. The summed E-state index contributed by atoms with van der Waals surface area (Å²) in [6.45, 7) is 4.70. The molecule has 0 aliphatic heterocycles. The van der Waals surface area contributed by atoms with Gasteiger partial charge in [-0.15, -0.1) is 0 Å². The second kappa shape index (κ2) is 15.9. The lowest BCUT2D eigenvalue weighted by molar-refractivity contribution is 0.660. The van der Waals surface area contributed by atoms with Crippen LogP contribution in [0.5, 0.6) is 0 Å². The lowest BCUT2D eigenvalue weighted by atomic mass is 9.81. The summed E-state index contributed by atoms with van der Waals surface area (Å²) in [5.41, 5.74) is 19.9. The minimum atomic E-state index is -0.0963. The Hall–Kier alpha value is -9.19. The Labute approximate surface area is 411 Å². The highest BCUT2D eigenvalue weighted by Gasteiger charge is 2.35. The molecule has 0 spiro atoms. The van der Waals surface area contributed by atoms with Gasteiger partial charge < -0.3 is 8.98 Å². The summed E-state index contributed by atoms with van der Waals surface area (Å²) >= 11 is 0. The molecule has 5 heteroatoms. The maximum Gasteiger partial charge on any atom is 0.164 e. The van der Waals surface area contributed by atoms with Crippen LogP contribution in [0.15, 0.2) is 235 Å². The summed E-state index contributed by atoms with van der Waals surface area (Å²) in [6, 6.07) is 82.4. The molecule has 14 rings (SSSR count). The first kappa shape index (κ1) is 40.8. The first-order valence-corrected chi connectivity index (χ1v) is 24.2. The highest BCUT2D eigenvalue weighted by atomic mass is 16.3. The molecule has 10 aromatic carbocycles. The molecular weight excluding hydrogens is 865 g/mol. The van der Waals surface area contributed by atoms with Gasteiger partial charge >= 0.3 is 0 Å². The summed E-state index contributed by atoms with van der Waals surface area (Å²) in [5, 5.41) is 4.50. The molecule has 0 bridgehead atoms. The van der Waals surface area contributed by atoms with Crippen molar-refractivity contribution in [1.29, 1.82) is 0 Å². The third-order valence-electron chi connectivity index (χ3n) is 14.6. The van der Waals surface area contributed by atoms with Crippen LogP contribution in [0.3, 0.4) is 0 Å². The zero-order chi connectivity index (χ0) is 47.2. The lowest BCUT2D eigenvalue weighted by Crippen LogP contribution is -2.14. The van der Waals surface area contributed by atoms with Crippen molar-refractivity contribution in [2.24, 2.45) is 0 Å². The van der Waals surface area contributed by atoms with Crippen LogP contribution in [0.1, 0.15) is 25.0 Å². The Morgan fingerprint density at radius 1 is 0.338 bits per heavy atom. The number of rotatable bonds is 7. The third kappa shape index (κ3) is 6.65. The molecule has 0 saturated carbocycles. The average Bonchev–Trinajstić information content (AvgIpc) is 4.06. The van der Waals surface area contributed by atoms with E-state index in [1.54, 1.807) is 0 Å². The van der Waals surface area contributed by atoms with E-state index < -0.39 is 0 Å². The standard InChI is InChI=1S/C66H44N4O/c1-66(2)57-28-12-9-25-50(57)51-33-31-44(39-58(51)66)43-21-15-22-45(35-43)55-37-48(41-17-5-3-6-18-41)38-56-52-26-10-13-29-59(52)70(62(55)56)49-24-16-23-46(36-49)64-67-63(42-19-7-4-8-20-42)68-65(69-64)47-32-34-54-53-27-11-14-30-60(53)71-61(54)40-47/h3-40H,1-2H3. The molecule has 0 fully saturated rings. The summed E-state index contributed by atoms with van der Waals surface area (Å²) in [4.78, 5) is 15.5. The normalized spacial score (nSPS) is 12.8. The van der Waals surface area contributed by atoms with Crippen LogP contribution in [-0.4, -0.2) is 19.5 Å². The zero-order valence-corrected chi connectivity index (χ0v) is 39.1. The second-order valence-corrected chi connectivity index (χ2v) is 19.2. The van der Waals surface area contributed by atoms with E-state index >= 15 is 0 Å². The maximum absolute atomic E-state index is 6.34. The molecule has 3 heterocycles. The molecule has 71 heavy (non-hydrogen) atoms. The Morgan fingerprint density at radius 2 is 0.930 bits per heavy atom. The smallest absolute Gasteiger partial charge is 0.164 e. The highest BCUT2D eigenvalue weighted by Crippen LogP contribution is 2.50. The van der Waals surface area contributed by atoms with Crippen molar-refractivity contribution >= 4 is 43.7 Å². The van der Waals surface area contributed by atoms with Crippen LogP contribution in [0.25, 0.3) is 128 Å². The predicted octanol–water partition coefficient (Wildman–Crippen LogP) is 17.2. The molecule has 5 nitrogen and oxygen atoms in total. The Bertz CT molecular complexity index is 4260. The van der Waals surface area contributed by atoms with Gasteiger partial charge in [0, 0.05) is 54.9 Å². The monoisotopic (exact) mass is 908 g/mol. The van der Waals surface area contributed by atoms with Crippen LogP contribution in [0, 0.1) is 0 Å². The van der Waals surface area contributed by atoms with Crippen molar-refractivity contribution in [2.45, 2.75) is 19.3 Å². The zero-order valence-electron chi connectivity index (χ0n) is 39.1. The molecule has 0 N–H and O–H groups in total. The second-order valence-electron chi connectivity index (χ2n) is 19.2. The molecule has 1 aliphatic carbocycles. The molecule has 3 aromatic heterocycles. The van der Waals surface area contributed by atoms with E-state index in [9.17, 15) is 0 Å². The number of hydrogen-bond acceptors (Lipinski definition) is 4. The number of aromatic nitrogens is 4. The quantitative estimate of drug-likeness (QED) is 0.160. The molecule has 1 aliphatic rings. The summed E-state index contributed by atoms with van der Waals surface area (Å²) < 4.78 is 8.76. The molecule has 0 atom stereocenters. The molecule has 334 valence electrons. The summed E-state index contributed by atoms with van der Waals surface area (Å²) in [7, 11) is 0. The SMILES string of the molecule is CC1(C)c2ccccc2-c2ccc(-c3cccc(-c4cc(-c5ccccc5)cc5c6ccccc6n(-c6cccc(-c7nc(-c8ccccc8)nc(-c8ccc9c(c8)oc8ccccc89)n7)c6)c45)c3)cc21. The minimum Gasteiger partial charge on any atom is -0.456 e. The first-order chi connectivity index (χ1) is 34.9. The van der Waals surface area contributed by atoms with E-state index in [0.29, 0.717) is 17.5 Å². The van der Waals surface area contributed by atoms with Gasteiger partial charge in [-0.25, -0.2) is 15.0 Å². The minimum absolute atomic E-state index is 0.0963. The number of benzene rings is 10. The van der Waals surface area contributed by atoms with Gasteiger partial charge in [0.15, 0.2) is 17.5 Å². The van der Waals surface area contributed by atoms with Crippen LogP contribution in [0.2, 0.25) is 0 Å². The van der Waals surface area contributed by atoms with Crippen LogP contribution < -0.4 is 0 Å². The summed E-state index contributed by atoms with van der Waals surface area (Å²) in [5.74, 6) is 1.76. The predicted molar refractivity (Wildman–Crippen MR) is 292 cm³/mol. The summed E-state index contributed by atoms with van der Waals surface area (Å²) in [6.07, 6.45) is 0. The maximum atomic E-state index is 6.34. The average molecular weight is 909 g/mol. The molecule has 0 unspecified atom stereocenters. The van der Waals surface area contributed by atoms with Crippen LogP contribution in [0.4, 0.5) is 0 Å². The van der Waals surface area contributed by atoms with Crippen LogP contribution >= 0.6 is 0 Å². The number of hydrogen-bond donors (Lipinski definition) is 0. The Balaban J connectivity index is 0.953. The van der Waals surface area contributed by atoms with E-state index in [2.05, 4.69) is 194 Å². The van der Waals surface area contributed by atoms with E-state index in [-0.39, 0.29) is 5.41 Å². The van der Waals surface area contributed by atoms with Crippen molar-refractivity contribution in [3.8, 4) is 84.4 Å². The van der Waals surface area contributed by atoms with Gasteiger partial charge in [0.1, 0.15) is 11.2 Å². The largest absolute Gasteiger partial charge is 0.456 e. The molecule has 0 radical (unpaired) electrons. The van der Waals surface area contributed by atoms with E-state index in [4.69, 9.17) is 19.4 Å². The molecule has 0 saturated heterocycles. The number of fused-ring (bicyclic) bond motifs is 9. The van der Waals surface area contributed by atoms with Gasteiger partial charge in [0.25, 0.3) is 0 Å². The van der Waals surface area contributed by atoms with Gasteiger partial charge in [-0.2, -0.15) is 0 Å².